The predicted molar refractivity (Wildman–Crippen MR) is 104 cm³/mol. The van der Waals surface area contributed by atoms with Gasteiger partial charge in [-0.3, -0.25) is 9.48 Å². The number of aliphatic hydroxyl groups excluding tert-OH is 1. The van der Waals surface area contributed by atoms with Crippen molar-refractivity contribution in [1.82, 2.24) is 20.1 Å². The van der Waals surface area contributed by atoms with Crippen LogP contribution in [0, 0.1) is 12.7 Å². The van der Waals surface area contributed by atoms with Gasteiger partial charge in [-0.05, 0) is 24.6 Å². The maximum Gasteiger partial charge on any atom is 0.253 e. The summed E-state index contributed by atoms with van der Waals surface area (Å²) in [6, 6.07) is 7.73. The number of pyridine rings is 1. The molecule has 0 atom stereocenters. The summed E-state index contributed by atoms with van der Waals surface area (Å²) in [5.74, 6) is 0.214. The smallest absolute Gasteiger partial charge is 0.253 e. The van der Waals surface area contributed by atoms with E-state index in [4.69, 9.17) is 0 Å². The standard InChI is InChI=1S/C19H21FN6O2/c1-11-9-22-16(24-17-7-12(10-27)25-26(17)3)8-15(11)23-18-13(19(28)21-2)5-4-6-14(18)20/h4-9,27H,10H2,1-3H3,(H,21,28)(H2,22,23,24). The van der Waals surface area contributed by atoms with Crippen LogP contribution in [-0.2, 0) is 13.7 Å². The fourth-order valence-electron chi connectivity index (χ4n) is 2.69. The average Bonchev–Trinajstić information content (AvgIpc) is 3.04. The second-order valence-electron chi connectivity index (χ2n) is 6.18. The minimum absolute atomic E-state index is 0.0881. The Morgan fingerprint density at radius 1 is 1.29 bits per heavy atom. The molecule has 8 nitrogen and oxygen atoms in total. The van der Waals surface area contributed by atoms with Crippen LogP contribution in [-0.4, -0.2) is 32.8 Å². The molecular weight excluding hydrogens is 363 g/mol. The molecule has 0 spiro atoms. The highest BCUT2D eigenvalue weighted by Gasteiger charge is 2.16. The van der Waals surface area contributed by atoms with E-state index in [1.165, 1.54) is 19.2 Å². The lowest BCUT2D eigenvalue weighted by atomic mass is 10.1. The van der Waals surface area contributed by atoms with E-state index < -0.39 is 11.7 Å². The van der Waals surface area contributed by atoms with Gasteiger partial charge in [-0.15, -0.1) is 0 Å². The summed E-state index contributed by atoms with van der Waals surface area (Å²) in [7, 11) is 3.23. The quantitative estimate of drug-likeness (QED) is 0.521. The molecule has 4 N–H and O–H groups in total. The van der Waals surface area contributed by atoms with E-state index in [0.29, 0.717) is 23.0 Å². The second-order valence-corrected chi connectivity index (χ2v) is 6.18. The van der Waals surface area contributed by atoms with Crippen LogP contribution in [0.15, 0.2) is 36.5 Å². The number of benzene rings is 1. The molecular formula is C19H21FN6O2. The number of carbonyl (C=O) groups excluding carboxylic acids is 1. The van der Waals surface area contributed by atoms with Crippen molar-refractivity contribution in [3.8, 4) is 0 Å². The van der Waals surface area contributed by atoms with Crippen molar-refractivity contribution in [2.24, 2.45) is 7.05 Å². The van der Waals surface area contributed by atoms with E-state index in [9.17, 15) is 14.3 Å². The van der Waals surface area contributed by atoms with Gasteiger partial charge in [0.15, 0.2) is 0 Å². The van der Waals surface area contributed by atoms with Crippen LogP contribution >= 0.6 is 0 Å². The highest BCUT2D eigenvalue weighted by Crippen LogP contribution is 2.28. The van der Waals surface area contributed by atoms with Crippen molar-refractivity contribution < 1.29 is 14.3 Å². The Morgan fingerprint density at radius 3 is 2.75 bits per heavy atom. The van der Waals surface area contributed by atoms with Gasteiger partial charge in [-0.25, -0.2) is 9.37 Å². The van der Waals surface area contributed by atoms with E-state index in [2.05, 4.69) is 26.0 Å². The molecule has 2 aromatic heterocycles. The lowest BCUT2D eigenvalue weighted by Gasteiger charge is -2.15. The number of carbonyl (C=O) groups is 1. The number of aryl methyl sites for hydroxylation is 2. The second kappa shape index (κ2) is 8.05. The predicted octanol–water partition coefficient (Wildman–Crippen LogP) is 2.60. The fraction of sp³-hybridized carbons (Fsp3) is 0.211. The van der Waals surface area contributed by atoms with E-state index in [1.807, 2.05) is 6.92 Å². The first kappa shape index (κ1) is 19.3. The third kappa shape index (κ3) is 3.94. The SMILES string of the molecule is CNC(=O)c1cccc(F)c1Nc1cc(Nc2cc(CO)nn2C)ncc1C. The molecule has 146 valence electrons. The van der Waals surface area contributed by atoms with Gasteiger partial charge in [-0.2, -0.15) is 5.10 Å². The zero-order valence-electron chi connectivity index (χ0n) is 15.7. The largest absolute Gasteiger partial charge is 0.390 e. The van der Waals surface area contributed by atoms with E-state index in [0.717, 1.165) is 5.56 Å². The molecule has 0 fully saturated rings. The van der Waals surface area contributed by atoms with Crippen LogP contribution in [0.3, 0.4) is 0 Å². The van der Waals surface area contributed by atoms with Crippen LogP contribution in [0.2, 0.25) is 0 Å². The molecule has 0 saturated carbocycles. The number of hydrogen-bond acceptors (Lipinski definition) is 6. The maximum absolute atomic E-state index is 14.4. The highest BCUT2D eigenvalue weighted by atomic mass is 19.1. The van der Waals surface area contributed by atoms with Gasteiger partial charge >= 0.3 is 0 Å². The van der Waals surface area contributed by atoms with Gasteiger partial charge in [0, 0.05) is 38.1 Å². The number of aliphatic hydroxyl groups is 1. The number of para-hydroxylation sites is 1. The number of aromatic nitrogens is 3. The van der Waals surface area contributed by atoms with E-state index in [-0.39, 0.29) is 17.9 Å². The number of hydrogen-bond donors (Lipinski definition) is 4. The van der Waals surface area contributed by atoms with Crippen LogP contribution in [0.4, 0.5) is 27.4 Å². The Labute approximate surface area is 161 Å². The molecule has 0 bridgehead atoms. The lowest BCUT2D eigenvalue weighted by molar-refractivity contribution is 0.0963. The molecule has 0 aliphatic carbocycles. The number of anilines is 4. The van der Waals surface area contributed by atoms with Gasteiger partial charge in [0.25, 0.3) is 5.91 Å². The summed E-state index contributed by atoms with van der Waals surface area (Å²) < 4.78 is 16.0. The van der Waals surface area contributed by atoms with E-state index >= 15 is 0 Å². The number of nitrogens with one attached hydrogen (secondary N) is 3. The van der Waals surface area contributed by atoms with Crippen LogP contribution < -0.4 is 16.0 Å². The summed E-state index contributed by atoms with van der Waals surface area (Å²) in [5, 5.41) is 22.0. The zero-order valence-corrected chi connectivity index (χ0v) is 15.7. The van der Waals surface area contributed by atoms with E-state index in [1.54, 1.807) is 36.1 Å². The molecule has 0 saturated heterocycles. The van der Waals surface area contributed by atoms with Crippen molar-refractivity contribution in [2.75, 3.05) is 17.7 Å². The average molecular weight is 384 g/mol. The summed E-state index contributed by atoms with van der Waals surface area (Å²) in [4.78, 5) is 16.4. The Bertz CT molecular complexity index is 1020. The molecule has 0 radical (unpaired) electrons. The van der Waals surface area contributed by atoms with Crippen molar-refractivity contribution in [3.05, 3.63) is 59.2 Å². The third-order valence-electron chi connectivity index (χ3n) is 4.20. The molecule has 9 heteroatoms. The Balaban J connectivity index is 1.93. The molecule has 0 unspecified atom stereocenters. The van der Waals surface area contributed by atoms with Gasteiger partial charge in [0.05, 0.1) is 23.6 Å². The molecule has 2 heterocycles. The minimum atomic E-state index is -0.536. The van der Waals surface area contributed by atoms with Crippen LogP contribution in [0.25, 0.3) is 0 Å². The number of nitrogens with zero attached hydrogens (tertiary/aromatic N) is 3. The van der Waals surface area contributed by atoms with Gasteiger partial charge in [0.1, 0.15) is 17.5 Å². The normalized spacial score (nSPS) is 10.6. The van der Waals surface area contributed by atoms with Crippen molar-refractivity contribution in [3.63, 3.8) is 0 Å². The summed E-state index contributed by atoms with van der Waals surface area (Å²) >= 11 is 0. The fourth-order valence-corrected chi connectivity index (χ4v) is 2.69. The molecule has 0 aliphatic heterocycles. The molecule has 3 rings (SSSR count). The van der Waals surface area contributed by atoms with Crippen molar-refractivity contribution >= 4 is 28.9 Å². The van der Waals surface area contributed by atoms with Crippen LogP contribution in [0.1, 0.15) is 21.6 Å². The van der Waals surface area contributed by atoms with Gasteiger partial charge in [-0.1, -0.05) is 6.07 Å². The summed E-state index contributed by atoms with van der Waals surface area (Å²) in [5.41, 5.74) is 2.18. The van der Waals surface area contributed by atoms with Crippen LogP contribution in [0.5, 0.6) is 0 Å². The minimum Gasteiger partial charge on any atom is -0.390 e. The molecule has 3 aromatic rings. The molecule has 1 aromatic carbocycles. The molecule has 1 amide bonds. The maximum atomic E-state index is 14.4. The van der Waals surface area contributed by atoms with Crippen molar-refractivity contribution in [1.29, 1.82) is 0 Å². The monoisotopic (exact) mass is 384 g/mol. The summed E-state index contributed by atoms with van der Waals surface area (Å²) in [6.45, 7) is 1.66. The first-order chi connectivity index (χ1) is 13.4. The Hall–Kier alpha value is -3.46. The molecule has 0 aliphatic rings. The van der Waals surface area contributed by atoms with Gasteiger partial charge in [0.2, 0.25) is 0 Å². The van der Waals surface area contributed by atoms with Gasteiger partial charge < -0.3 is 21.1 Å². The topological polar surface area (TPSA) is 104 Å². The van der Waals surface area contributed by atoms with Crippen molar-refractivity contribution in [2.45, 2.75) is 13.5 Å². The number of halogens is 1. The number of rotatable bonds is 6. The third-order valence-corrected chi connectivity index (χ3v) is 4.20. The highest BCUT2D eigenvalue weighted by molar-refractivity contribution is 6.00. The number of amides is 1. The Morgan fingerprint density at radius 2 is 2.07 bits per heavy atom. The molecule has 28 heavy (non-hydrogen) atoms. The lowest BCUT2D eigenvalue weighted by Crippen LogP contribution is -2.19. The summed E-state index contributed by atoms with van der Waals surface area (Å²) in [6.07, 6.45) is 1.63. The first-order valence-corrected chi connectivity index (χ1v) is 8.58. The Kier molecular flexibility index (Phi) is 5.55. The zero-order chi connectivity index (χ0) is 20.3. The first-order valence-electron chi connectivity index (χ1n) is 8.58.